The molecular weight excluding hydrogens is 346 g/mol. The van der Waals surface area contributed by atoms with Crippen molar-refractivity contribution in [2.24, 2.45) is 5.92 Å². The molecule has 2 fully saturated rings. The summed E-state index contributed by atoms with van der Waals surface area (Å²) in [7, 11) is 3.21. The Hall–Kier alpha value is -2.44. The number of carbonyl (C=O) groups is 2. The summed E-state index contributed by atoms with van der Waals surface area (Å²) in [5, 5.41) is 6.07. The van der Waals surface area contributed by atoms with E-state index in [1.807, 2.05) is 25.1 Å². The van der Waals surface area contributed by atoms with E-state index in [0.717, 1.165) is 31.2 Å². The fraction of sp³-hybridized carbons (Fsp3) is 0.600. The number of nitrogens with zero attached hydrogens (tertiary/aromatic N) is 1. The van der Waals surface area contributed by atoms with Gasteiger partial charge in [0.1, 0.15) is 11.5 Å². The molecule has 148 valence electrons. The van der Waals surface area contributed by atoms with Gasteiger partial charge in [-0.25, -0.2) is 4.79 Å². The quantitative estimate of drug-likeness (QED) is 0.800. The summed E-state index contributed by atoms with van der Waals surface area (Å²) in [4.78, 5) is 26.8. The zero-order valence-corrected chi connectivity index (χ0v) is 16.3. The van der Waals surface area contributed by atoms with Crippen LogP contribution in [0.5, 0.6) is 11.5 Å². The molecule has 3 rings (SSSR count). The number of likely N-dealkylation sites (tertiary alicyclic amines) is 1. The smallest absolute Gasteiger partial charge is 0.317 e. The molecule has 1 aliphatic carbocycles. The summed E-state index contributed by atoms with van der Waals surface area (Å²) in [6.45, 7) is 3.05. The molecule has 0 bridgehead atoms. The molecule has 1 saturated heterocycles. The monoisotopic (exact) mass is 375 g/mol. The normalized spacial score (nSPS) is 20.6. The van der Waals surface area contributed by atoms with Gasteiger partial charge >= 0.3 is 6.03 Å². The van der Waals surface area contributed by atoms with Crippen molar-refractivity contribution >= 4 is 11.9 Å². The lowest BCUT2D eigenvalue weighted by Gasteiger charge is -2.33. The molecule has 2 N–H and O–H groups in total. The third kappa shape index (κ3) is 4.84. The standard InChI is InChI=1S/C20H29N3O4/c1-13(17-11-16(26-2)8-9-18(17)27-3)21-20(25)23-10-4-5-14(12-23)19(24)22-15-6-7-15/h8-9,11,13-15H,4-7,10,12H2,1-3H3,(H,21,25)(H,22,24)/t13-,14-/m0/s1. The third-order valence-electron chi connectivity index (χ3n) is 5.25. The largest absolute Gasteiger partial charge is 0.497 e. The fourth-order valence-electron chi connectivity index (χ4n) is 3.45. The van der Waals surface area contributed by atoms with Crippen LogP contribution in [0.15, 0.2) is 18.2 Å². The highest BCUT2D eigenvalue weighted by Crippen LogP contribution is 2.29. The van der Waals surface area contributed by atoms with Crippen molar-refractivity contribution in [3.8, 4) is 11.5 Å². The van der Waals surface area contributed by atoms with Gasteiger partial charge in [-0.2, -0.15) is 0 Å². The molecule has 1 heterocycles. The molecule has 27 heavy (non-hydrogen) atoms. The lowest BCUT2D eigenvalue weighted by atomic mass is 9.97. The molecule has 1 aliphatic heterocycles. The highest BCUT2D eigenvalue weighted by Gasteiger charge is 2.32. The number of methoxy groups -OCH3 is 2. The molecule has 3 amide bonds. The number of hydrogen-bond acceptors (Lipinski definition) is 4. The predicted molar refractivity (Wildman–Crippen MR) is 102 cm³/mol. The topological polar surface area (TPSA) is 79.9 Å². The molecule has 1 saturated carbocycles. The van der Waals surface area contributed by atoms with Crippen molar-refractivity contribution < 1.29 is 19.1 Å². The van der Waals surface area contributed by atoms with Crippen LogP contribution in [0.1, 0.15) is 44.2 Å². The van der Waals surface area contributed by atoms with Gasteiger partial charge in [0.25, 0.3) is 0 Å². The summed E-state index contributed by atoms with van der Waals surface area (Å²) in [6, 6.07) is 5.47. The second-order valence-corrected chi connectivity index (χ2v) is 7.35. The van der Waals surface area contributed by atoms with Crippen LogP contribution in [0.4, 0.5) is 4.79 Å². The van der Waals surface area contributed by atoms with E-state index in [1.165, 1.54) is 0 Å². The molecule has 0 radical (unpaired) electrons. The van der Waals surface area contributed by atoms with Gasteiger partial charge in [-0.1, -0.05) is 0 Å². The maximum absolute atomic E-state index is 12.7. The highest BCUT2D eigenvalue weighted by molar-refractivity contribution is 5.81. The van der Waals surface area contributed by atoms with Gasteiger partial charge in [0.2, 0.25) is 5.91 Å². The van der Waals surface area contributed by atoms with Crippen LogP contribution in [0.3, 0.4) is 0 Å². The number of nitrogens with one attached hydrogen (secondary N) is 2. The van der Waals surface area contributed by atoms with Crippen molar-refractivity contribution in [1.82, 2.24) is 15.5 Å². The molecule has 7 heteroatoms. The predicted octanol–water partition coefficient (Wildman–Crippen LogP) is 2.46. The van der Waals surface area contributed by atoms with Gasteiger partial charge in [-0.15, -0.1) is 0 Å². The number of rotatable bonds is 6. The number of urea groups is 1. The molecule has 2 atom stereocenters. The Morgan fingerprint density at radius 1 is 1.19 bits per heavy atom. The first kappa shape index (κ1) is 19.3. The molecular formula is C20H29N3O4. The minimum atomic E-state index is -0.247. The summed E-state index contributed by atoms with van der Waals surface area (Å²) < 4.78 is 10.7. The van der Waals surface area contributed by atoms with Crippen LogP contribution in [-0.2, 0) is 4.79 Å². The van der Waals surface area contributed by atoms with E-state index in [0.29, 0.717) is 30.6 Å². The van der Waals surface area contributed by atoms with Crippen LogP contribution in [0.25, 0.3) is 0 Å². The second-order valence-electron chi connectivity index (χ2n) is 7.35. The average Bonchev–Trinajstić information content (AvgIpc) is 3.51. The first-order valence-corrected chi connectivity index (χ1v) is 9.59. The Morgan fingerprint density at radius 3 is 2.63 bits per heavy atom. The minimum absolute atomic E-state index is 0.0810. The number of piperidine rings is 1. The van der Waals surface area contributed by atoms with Crippen LogP contribution < -0.4 is 20.1 Å². The first-order chi connectivity index (χ1) is 13.0. The van der Waals surface area contributed by atoms with E-state index in [-0.39, 0.29) is 23.9 Å². The van der Waals surface area contributed by atoms with Crippen LogP contribution in [0.2, 0.25) is 0 Å². The molecule has 0 unspecified atom stereocenters. The Balaban J connectivity index is 1.61. The number of carbonyl (C=O) groups excluding carboxylic acids is 2. The highest BCUT2D eigenvalue weighted by atomic mass is 16.5. The van der Waals surface area contributed by atoms with Crippen LogP contribution >= 0.6 is 0 Å². The Bertz CT molecular complexity index is 690. The third-order valence-corrected chi connectivity index (χ3v) is 5.25. The van der Waals surface area contributed by atoms with E-state index in [9.17, 15) is 9.59 Å². The number of hydrogen-bond donors (Lipinski definition) is 2. The van der Waals surface area contributed by atoms with Gasteiger partial charge in [0, 0.05) is 24.7 Å². The van der Waals surface area contributed by atoms with Gasteiger partial charge < -0.3 is 25.0 Å². The molecule has 0 spiro atoms. The number of amides is 3. The zero-order valence-electron chi connectivity index (χ0n) is 16.3. The summed E-state index contributed by atoms with van der Waals surface area (Å²) in [5.41, 5.74) is 0.852. The molecule has 7 nitrogen and oxygen atoms in total. The van der Waals surface area contributed by atoms with Gasteiger partial charge in [0.05, 0.1) is 26.2 Å². The summed E-state index contributed by atoms with van der Waals surface area (Å²) >= 11 is 0. The second kappa shape index (κ2) is 8.50. The van der Waals surface area contributed by atoms with E-state index >= 15 is 0 Å². The first-order valence-electron chi connectivity index (χ1n) is 9.59. The number of benzene rings is 1. The number of ether oxygens (including phenoxy) is 2. The van der Waals surface area contributed by atoms with Crippen LogP contribution in [0, 0.1) is 5.92 Å². The van der Waals surface area contributed by atoms with Crippen molar-refractivity contribution in [1.29, 1.82) is 0 Å². The fourth-order valence-corrected chi connectivity index (χ4v) is 3.45. The van der Waals surface area contributed by atoms with E-state index in [2.05, 4.69) is 10.6 Å². The SMILES string of the molecule is COc1ccc(OC)c([C@H](C)NC(=O)N2CCC[C@H](C(=O)NC3CC3)C2)c1. The molecule has 2 aliphatic rings. The van der Waals surface area contributed by atoms with Crippen LogP contribution in [-0.4, -0.2) is 50.2 Å². The summed E-state index contributed by atoms with van der Waals surface area (Å²) in [5.74, 6) is 1.37. The van der Waals surface area contributed by atoms with Gasteiger partial charge in [0.15, 0.2) is 0 Å². The maximum atomic E-state index is 12.7. The van der Waals surface area contributed by atoms with E-state index in [4.69, 9.17) is 9.47 Å². The Labute approximate surface area is 160 Å². The van der Waals surface area contributed by atoms with Gasteiger partial charge in [-0.05, 0) is 50.8 Å². The van der Waals surface area contributed by atoms with Crippen molar-refractivity contribution in [2.75, 3.05) is 27.3 Å². The van der Waals surface area contributed by atoms with Crippen molar-refractivity contribution in [2.45, 2.75) is 44.7 Å². The van der Waals surface area contributed by atoms with E-state index in [1.54, 1.807) is 19.1 Å². The average molecular weight is 375 g/mol. The molecule has 0 aromatic heterocycles. The minimum Gasteiger partial charge on any atom is -0.497 e. The summed E-state index contributed by atoms with van der Waals surface area (Å²) in [6.07, 6.45) is 3.82. The zero-order chi connectivity index (χ0) is 19.4. The van der Waals surface area contributed by atoms with Crippen molar-refractivity contribution in [3.63, 3.8) is 0 Å². The van der Waals surface area contributed by atoms with E-state index < -0.39 is 0 Å². The maximum Gasteiger partial charge on any atom is 0.317 e. The Morgan fingerprint density at radius 2 is 1.96 bits per heavy atom. The lowest BCUT2D eigenvalue weighted by molar-refractivity contribution is -0.126. The molecule has 1 aromatic rings. The van der Waals surface area contributed by atoms with Gasteiger partial charge in [-0.3, -0.25) is 4.79 Å². The lowest BCUT2D eigenvalue weighted by Crippen LogP contribution is -2.49. The van der Waals surface area contributed by atoms with Crippen molar-refractivity contribution in [3.05, 3.63) is 23.8 Å². The molecule has 1 aromatic carbocycles. The Kier molecular flexibility index (Phi) is 6.08.